The van der Waals surface area contributed by atoms with Crippen LogP contribution in [0.1, 0.15) is 16.8 Å². The Hall–Kier alpha value is -0.470. The molecule has 0 aromatic carbocycles. The molecule has 0 saturated heterocycles. The van der Waals surface area contributed by atoms with Gasteiger partial charge < -0.3 is 74.0 Å². The monoisotopic (exact) mass is 829 g/mol. The van der Waals surface area contributed by atoms with Gasteiger partial charge in [-0.15, -0.1) is 0 Å². The molecule has 1 saturated carbocycles. The molecule has 0 unspecified atom stereocenters. The van der Waals surface area contributed by atoms with Gasteiger partial charge in [0.1, 0.15) is 42.4 Å². The molecule has 1 fully saturated rings. The van der Waals surface area contributed by atoms with Crippen LogP contribution in [-0.2, 0) is 67.7 Å². The van der Waals surface area contributed by atoms with Crippen LogP contribution in [0.2, 0.25) is 0 Å². The largest absolute Gasteiger partial charge is 0.506 e. The molecular formula is C14H29NO27P6. The first kappa shape index (κ1) is 45.6. The molecule has 1 aromatic heterocycles. The number of pyridine rings is 1. The summed E-state index contributed by atoms with van der Waals surface area (Å²) in [5, 5.41) is 27.0. The summed E-state index contributed by atoms with van der Waals surface area (Å²) < 4.78 is 93.1. The zero-order valence-electron chi connectivity index (χ0n) is 23.2. The van der Waals surface area contributed by atoms with Crippen LogP contribution >= 0.6 is 46.9 Å². The van der Waals surface area contributed by atoms with Crippen molar-refractivity contribution in [2.24, 2.45) is 0 Å². The smallest absolute Gasteiger partial charge is 0.470 e. The lowest BCUT2D eigenvalue weighted by Gasteiger charge is -2.48. The Kier molecular flexibility index (Phi) is 16.0. The Morgan fingerprint density at radius 3 is 0.917 bits per heavy atom. The van der Waals surface area contributed by atoms with E-state index in [-0.39, 0.29) is 19.0 Å². The van der Waals surface area contributed by atoms with Gasteiger partial charge >= 0.3 is 46.9 Å². The minimum atomic E-state index is -6.02. The van der Waals surface area contributed by atoms with Gasteiger partial charge in [0.25, 0.3) is 0 Å². The molecule has 1 aliphatic rings. The van der Waals surface area contributed by atoms with Gasteiger partial charge in [-0.1, -0.05) is 0 Å². The van der Waals surface area contributed by atoms with Gasteiger partial charge in [-0.05, 0) is 6.92 Å². The molecule has 1 aliphatic carbocycles. The third-order valence-corrected chi connectivity index (χ3v) is 8.36. The lowest BCUT2D eigenvalue weighted by atomic mass is 9.85. The van der Waals surface area contributed by atoms with Crippen molar-refractivity contribution in [2.45, 2.75) is 56.8 Å². The molecule has 0 atom stereocenters. The van der Waals surface area contributed by atoms with Crippen LogP contribution in [0.15, 0.2) is 6.20 Å². The average molecular weight is 829 g/mol. The number of phosphoric ester groups is 6. The maximum absolute atomic E-state index is 11.4. The summed E-state index contributed by atoms with van der Waals surface area (Å²) in [5.74, 6) is -0.0379. The summed E-state index contributed by atoms with van der Waals surface area (Å²) in [6.07, 6.45) is -17.4. The van der Waals surface area contributed by atoms with Crippen molar-refractivity contribution in [3.63, 3.8) is 0 Å². The molecule has 282 valence electrons. The van der Waals surface area contributed by atoms with Crippen LogP contribution in [0.3, 0.4) is 0 Å². The minimum absolute atomic E-state index is 0.0379. The number of aromatic hydroxyl groups is 1. The highest BCUT2D eigenvalue weighted by Gasteiger charge is 2.62. The number of phosphoric acid groups is 6. The van der Waals surface area contributed by atoms with Gasteiger partial charge in [0.05, 0.1) is 18.9 Å². The van der Waals surface area contributed by atoms with E-state index in [1.807, 2.05) is 0 Å². The third kappa shape index (κ3) is 16.3. The molecule has 15 N–H and O–H groups in total. The zero-order chi connectivity index (χ0) is 37.8. The number of aliphatic hydroxyl groups excluding tert-OH is 2. The minimum Gasteiger partial charge on any atom is -0.506 e. The molecule has 2 rings (SSSR count). The first-order valence-electron chi connectivity index (χ1n) is 11.6. The first-order valence-corrected chi connectivity index (χ1v) is 20.8. The van der Waals surface area contributed by atoms with Crippen molar-refractivity contribution in [1.82, 2.24) is 4.98 Å². The van der Waals surface area contributed by atoms with E-state index < -0.39 is 83.6 Å². The number of rotatable bonds is 14. The number of aryl methyl sites for hydroxylation is 1. The normalized spacial score (nSPS) is 24.6. The highest BCUT2D eigenvalue weighted by atomic mass is 31.2. The van der Waals surface area contributed by atoms with Crippen molar-refractivity contribution >= 4 is 46.9 Å². The second kappa shape index (κ2) is 16.9. The molecule has 34 heteroatoms. The molecule has 1 heterocycles. The fourth-order valence-corrected chi connectivity index (χ4v) is 7.13. The van der Waals surface area contributed by atoms with Crippen molar-refractivity contribution in [3.05, 3.63) is 23.0 Å². The maximum Gasteiger partial charge on any atom is 0.470 e. The first-order chi connectivity index (χ1) is 21.3. The van der Waals surface area contributed by atoms with Gasteiger partial charge in [-0.2, -0.15) is 0 Å². The molecule has 0 aliphatic heterocycles. The van der Waals surface area contributed by atoms with E-state index in [0.717, 1.165) is 0 Å². The van der Waals surface area contributed by atoms with Crippen LogP contribution in [0, 0.1) is 6.92 Å². The number of hydrogen-bond acceptors (Lipinski definition) is 16. The van der Waals surface area contributed by atoms with Crippen molar-refractivity contribution in [2.75, 3.05) is 0 Å². The van der Waals surface area contributed by atoms with Crippen molar-refractivity contribution < 1.29 is 129 Å². The topological polar surface area (TPSA) is 474 Å². The van der Waals surface area contributed by atoms with Gasteiger partial charge in [-0.3, -0.25) is 32.1 Å². The van der Waals surface area contributed by atoms with Crippen LogP contribution in [-0.4, -0.2) is 116 Å². The molecule has 0 spiro atoms. The Labute approximate surface area is 266 Å². The van der Waals surface area contributed by atoms with Crippen LogP contribution < -0.4 is 0 Å². The van der Waals surface area contributed by atoms with Crippen LogP contribution in [0.25, 0.3) is 0 Å². The fourth-order valence-electron chi connectivity index (χ4n) is 3.79. The zero-order valence-corrected chi connectivity index (χ0v) is 28.6. The van der Waals surface area contributed by atoms with E-state index in [0.29, 0.717) is 16.8 Å². The van der Waals surface area contributed by atoms with Crippen LogP contribution in [0.5, 0.6) is 5.75 Å². The molecule has 0 bridgehead atoms. The highest BCUT2D eigenvalue weighted by Crippen LogP contribution is 2.57. The highest BCUT2D eigenvalue weighted by molar-refractivity contribution is 7.47. The Morgan fingerprint density at radius 1 is 0.521 bits per heavy atom. The third-order valence-electron chi connectivity index (χ3n) is 5.26. The summed E-state index contributed by atoms with van der Waals surface area (Å²) in [6.45, 7) is 1.12. The predicted octanol–water partition coefficient (Wildman–Crippen LogP) is -3.05. The van der Waals surface area contributed by atoms with E-state index in [1.165, 1.54) is 6.20 Å². The number of aromatic nitrogens is 1. The van der Waals surface area contributed by atoms with Crippen LogP contribution in [0.4, 0.5) is 0 Å². The van der Waals surface area contributed by atoms with Gasteiger partial charge in [0.2, 0.25) is 0 Å². The molecule has 0 radical (unpaired) electrons. The summed E-state index contributed by atoms with van der Waals surface area (Å²) in [4.78, 5) is 113. The molecule has 48 heavy (non-hydrogen) atoms. The van der Waals surface area contributed by atoms with E-state index in [2.05, 4.69) is 32.1 Å². The fraction of sp³-hybridized carbons (Fsp3) is 0.643. The number of hydrogen-bond donors (Lipinski definition) is 15. The van der Waals surface area contributed by atoms with Crippen molar-refractivity contribution in [1.29, 1.82) is 0 Å². The van der Waals surface area contributed by atoms with Gasteiger partial charge in [-0.25, -0.2) is 27.4 Å². The number of aliphatic hydroxyl groups is 2. The SMILES string of the molecule is Cc1ncc(CO)c(CO)c1O.O=P(O)(O)OC1C(OP(=O)(O)O)C(OP(=O)(O)O)C(OP(=O)(O)O)C(OP(=O)(O)O)C1OP(=O)(O)O. The van der Waals surface area contributed by atoms with E-state index in [1.54, 1.807) is 6.92 Å². The van der Waals surface area contributed by atoms with Crippen molar-refractivity contribution in [3.8, 4) is 5.75 Å². The van der Waals surface area contributed by atoms with E-state index in [4.69, 9.17) is 68.9 Å². The van der Waals surface area contributed by atoms with E-state index >= 15 is 0 Å². The summed E-state index contributed by atoms with van der Waals surface area (Å²) >= 11 is 0. The Bertz CT molecular complexity index is 1300. The molecular weight excluding hydrogens is 800 g/mol. The average Bonchev–Trinajstić information content (AvgIpc) is 2.83. The second-order valence-electron chi connectivity index (χ2n) is 8.88. The number of nitrogens with zero attached hydrogens (tertiary/aromatic N) is 1. The quantitative estimate of drug-likeness (QED) is 0.0828. The molecule has 1 aromatic rings. The van der Waals surface area contributed by atoms with E-state index in [9.17, 15) is 32.5 Å². The predicted molar refractivity (Wildman–Crippen MR) is 144 cm³/mol. The Morgan fingerprint density at radius 2 is 0.750 bits per heavy atom. The van der Waals surface area contributed by atoms with Gasteiger partial charge in [0, 0.05) is 17.3 Å². The second-order valence-corrected chi connectivity index (χ2v) is 16.0. The lowest BCUT2D eigenvalue weighted by Crippen LogP contribution is -2.66. The summed E-state index contributed by atoms with van der Waals surface area (Å²) in [6, 6.07) is 0. The standard InChI is InChI=1S/C8H11NO3.C6H18O24P6/c1-5-8(12)7(4-11)6(3-10)2-9-5;7-31(8,9)25-1-2(26-32(10,11)12)4(28-34(16,17)18)6(30-36(22,23)24)5(29-35(19,20)21)3(1)27-33(13,14)15/h2,10-12H,3-4H2,1H3;1-6H,(H2,7,8,9)(H2,10,11,12)(H2,13,14,15)(H2,16,17,18)(H2,19,20,21)(H2,22,23,24). The van der Waals surface area contributed by atoms with Gasteiger partial charge in [0.15, 0.2) is 0 Å². The summed E-state index contributed by atoms with van der Waals surface area (Å²) in [7, 11) is -36.1. The maximum atomic E-state index is 11.4. The lowest BCUT2D eigenvalue weighted by molar-refractivity contribution is -0.202. The summed E-state index contributed by atoms with van der Waals surface area (Å²) in [5.41, 5.74) is 1.27. The molecule has 0 amide bonds. The Balaban J connectivity index is 0.000000800. The molecule has 28 nitrogen and oxygen atoms in total.